The van der Waals surface area contributed by atoms with Gasteiger partial charge in [0.2, 0.25) is 0 Å². The van der Waals surface area contributed by atoms with Gasteiger partial charge in [0.05, 0.1) is 7.11 Å². The molecule has 0 aliphatic carbocycles. The van der Waals surface area contributed by atoms with Gasteiger partial charge in [0.15, 0.2) is 6.29 Å². The van der Waals surface area contributed by atoms with Gasteiger partial charge in [-0.3, -0.25) is 4.74 Å². The second-order valence-corrected chi connectivity index (χ2v) is 2.77. The molecular formula is C8H14O6. The monoisotopic (exact) mass is 206 g/mol. The van der Waals surface area contributed by atoms with E-state index in [2.05, 4.69) is 4.74 Å². The quantitative estimate of drug-likeness (QED) is 0.504. The van der Waals surface area contributed by atoms with E-state index in [4.69, 9.17) is 18.9 Å². The molecule has 0 spiro atoms. The van der Waals surface area contributed by atoms with Gasteiger partial charge in [-0.05, 0) is 0 Å². The number of rotatable bonds is 3. The minimum atomic E-state index is -1.37. The first kappa shape index (κ1) is 11.2. The topological polar surface area (TPSA) is 63.2 Å². The highest BCUT2D eigenvalue weighted by Crippen LogP contribution is 2.32. The molecule has 0 saturated carbocycles. The zero-order valence-electron chi connectivity index (χ0n) is 8.44. The van der Waals surface area contributed by atoms with Gasteiger partial charge in [-0.2, -0.15) is 0 Å². The maximum atomic E-state index is 10.9. The van der Waals surface area contributed by atoms with Crippen LogP contribution in [0.3, 0.4) is 0 Å². The fourth-order valence-electron chi connectivity index (χ4n) is 1.21. The van der Waals surface area contributed by atoms with Crippen LogP contribution in [-0.2, 0) is 23.7 Å². The molecule has 1 fully saturated rings. The fourth-order valence-corrected chi connectivity index (χ4v) is 1.21. The van der Waals surface area contributed by atoms with Crippen molar-refractivity contribution in [2.24, 2.45) is 0 Å². The lowest BCUT2D eigenvalue weighted by Gasteiger charge is -2.25. The van der Waals surface area contributed by atoms with Crippen molar-refractivity contribution in [2.45, 2.75) is 25.1 Å². The van der Waals surface area contributed by atoms with Crippen molar-refractivity contribution >= 4 is 6.16 Å². The van der Waals surface area contributed by atoms with Crippen molar-refractivity contribution < 1.29 is 28.5 Å². The molecule has 0 aromatic rings. The molecule has 1 aliphatic heterocycles. The molecule has 1 rings (SSSR count). The Hall–Kier alpha value is -0.850. The Morgan fingerprint density at radius 2 is 2.14 bits per heavy atom. The summed E-state index contributed by atoms with van der Waals surface area (Å²) in [6.07, 6.45) is -0.249. The van der Waals surface area contributed by atoms with E-state index in [0.717, 1.165) is 0 Å². The normalized spacial score (nSPS) is 31.5. The molecule has 2 atom stereocenters. The second kappa shape index (κ2) is 4.59. The van der Waals surface area contributed by atoms with Crippen molar-refractivity contribution in [2.75, 3.05) is 21.3 Å². The van der Waals surface area contributed by atoms with Crippen LogP contribution in [0.2, 0.25) is 0 Å². The first-order chi connectivity index (χ1) is 6.65. The van der Waals surface area contributed by atoms with Crippen LogP contribution in [0.5, 0.6) is 0 Å². The molecule has 14 heavy (non-hydrogen) atoms. The lowest BCUT2D eigenvalue weighted by atomic mass is 10.3. The summed E-state index contributed by atoms with van der Waals surface area (Å²) < 4.78 is 24.4. The molecule has 0 bridgehead atoms. The predicted molar refractivity (Wildman–Crippen MR) is 44.3 cm³/mol. The highest BCUT2D eigenvalue weighted by atomic mass is 16.9. The van der Waals surface area contributed by atoms with Crippen LogP contribution < -0.4 is 0 Å². The Labute approximate surface area is 82.0 Å². The fraction of sp³-hybridized carbons (Fsp3) is 0.875. The molecule has 0 radical (unpaired) electrons. The molecule has 6 nitrogen and oxygen atoms in total. The molecule has 1 heterocycles. The Bertz CT molecular complexity index is 206. The van der Waals surface area contributed by atoms with Crippen LogP contribution in [0.25, 0.3) is 0 Å². The van der Waals surface area contributed by atoms with Gasteiger partial charge < -0.3 is 18.9 Å². The van der Waals surface area contributed by atoms with Crippen LogP contribution in [0.15, 0.2) is 0 Å². The number of hydrogen-bond donors (Lipinski definition) is 0. The van der Waals surface area contributed by atoms with E-state index in [0.29, 0.717) is 12.8 Å². The standard InChI is InChI=1S/C8H14O6/c1-10-6-4-5-8(12-3,13-6)14-7(9)11-2/h6H,4-5H2,1-3H3. The molecule has 2 unspecified atom stereocenters. The highest BCUT2D eigenvalue weighted by Gasteiger charge is 2.45. The number of ether oxygens (including phenoxy) is 5. The van der Waals surface area contributed by atoms with E-state index < -0.39 is 18.4 Å². The molecule has 6 heteroatoms. The minimum Gasteiger partial charge on any atom is -0.437 e. The third kappa shape index (κ3) is 2.34. The predicted octanol–water partition coefficient (Wildman–Crippen LogP) is 0.852. The Balaban J connectivity index is 2.55. The summed E-state index contributed by atoms with van der Waals surface area (Å²) in [6, 6.07) is 0. The third-order valence-corrected chi connectivity index (χ3v) is 1.98. The van der Waals surface area contributed by atoms with E-state index >= 15 is 0 Å². The van der Waals surface area contributed by atoms with Crippen molar-refractivity contribution in [1.29, 1.82) is 0 Å². The van der Waals surface area contributed by atoms with Crippen LogP contribution >= 0.6 is 0 Å². The summed E-state index contributed by atoms with van der Waals surface area (Å²) in [4.78, 5) is 10.9. The molecule has 1 saturated heterocycles. The van der Waals surface area contributed by atoms with Crippen molar-refractivity contribution in [3.8, 4) is 0 Å². The summed E-state index contributed by atoms with van der Waals surface area (Å²) in [6.45, 7) is 0. The first-order valence-electron chi connectivity index (χ1n) is 4.18. The summed E-state index contributed by atoms with van der Waals surface area (Å²) in [5, 5.41) is 0. The average molecular weight is 206 g/mol. The number of hydrogen-bond acceptors (Lipinski definition) is 6. The number of methoxy groups -OCH3 is 3. The summed E-state index contributed by atoms with van der Waals surface area (Å²) in [7, 11) is 4.12. The van der Waals surface area contributed by atoms with Crippen molar-refractivity contribution in [3.63, 3.8) is 0 Å². The Morgan fingerprint density at radius 3 is 2.57 bits per heavy atom. The molecule has 0 aromatic heterocycles. The molecule has 82 valence electrons. The number of carbonyl (C=O) groups excluding carboxylic acids is 1. The number of carbonyl (C=O) groups is 1. The molecule has 0 N–H and O–H groups in total. The van der Waals surface area contributed by atoms with Gasteiger partial charge >= 0.3 is 12.1 Å². The Morgan fingerprint density at radius 1 is 1.43 bits per heavy atom. The van der Waals surface area contributed by atoms with Crippen LogP contribution in [0.1, 0.15) is 12.8 Å². The average Bonchev–Trinajstić information content (AvgIpc) is 2.62. The highest BCUT2D eigenvalue weighted by molar-refractivity contribution is 5.59. The van der Waals surface area contributed by atoms with E-state index in [9.17, 15) is 4.79 Å². The van der Waals surface area contributed by atoms with E-state index in [1.165, 1.54) is 21.3 Å². The van der Waals surface area contributed by atoms with Gasteiger partial charge in [0.1, 0.15) is 0 Å². The largest absolute Gasteiger partial charge is 0.512 e. The lowest BCUT2D eigenvalue weighted by Crippen LogP contribution is -2.37. The van der Waals surface area contributed by atoms with E-state index in [1.54, 1.807) is 0 Å². The van der Waals surface area contributed by atoms with Gasteiger partial charge in [0.25, 0.3) is 0 Å². The summed E-state index contributed by atoms with van der Waals surface area (Å²) >= 11 is 0. The molecule has 0 aromatic carbocycles. The summed E-state index contributed by atoms with van der Waals surface area (Å²) in [5.74, 6) is -1.37. The van der Waals surface area contributed by atoms with Crippen molar-refractivity contribution in [1.82, 2.24) is 0 Å². The minimum absolute atomic E-state index is 0.414. The zero-order chi connectivity index (χ0) is 10.6. The van der Waals surface area contributed by atoms with Crippen molar-refractivity contribution in [3.05, 3.63) is 0 Å². The van der Waals surface area contributed by atoms with Crippen LogP contribution in [0, 0.1) is 0 Å². The maximum absolute atomic E-state index is 10.9. The summed E-state index contributed by atoms with van der Waals surface area (Å²) in [5.41, 5.74) is 0. The van der Waals surface area contributed by atoms with Crippen LogP contribution in [0.4, 0.5) is 4.79 Å². The lowest BCUT2D eigenvalue weighted by molar-refractivity contribution is -0.360. The first-order valence-corrected chi connectivity index (χ1v) is 4.18. The van der Waals surface area contributed by atoms with E-state index in [1.807, 2.05) is 0 Å². The van der Waals surface area contributed by atoms with Gasteiger partial charge in [-0.1, -0.05) is 0 Å². The van der Waals surface area contributed by atoms with Crippen LogP contribution in [-0.4, -0.2) is 39.7 Å². The second-order valence-electron chi connectivity index (χ2n) is 2.77. The smallest absolute Gasteiger partial charge is 0.437 e. The van der Waals surface area contributed by atoms with Gasteiger partial charge in [-0.15, -0.1) is 0 Å². The third-order valence-electron chi connectivity index (χ3n) is 1.98. The van der Waals surface area contributed by atoms with E-state index in [-0.39, 0.29) is 0 Å². The van der Waals surface area contributed by atoms with Gasteiger partial charge in [0, 0.05) is 27.1 Å². The Kier molecular flexibility index (Phi) is 3.68. The van der Waals surface area contributed by atoms with Gasteiger partial charge in [-0.25, -0.2) is 4.79 Å². The molecular weight excluding hydrogens is 192 g/mol. The zero-order valence-corrected chi connectivity index (χ0v) is 8.44. The maximum Gasteiger partial charge on any atom is 0.512 e. The molecule has 1 aliphatic rings. The SMILES string of the molecule is COC(=O)OC1(OC)CCC(OC)O1. The molecule has 0 amide bonds.